The lowest BCUT2D eigenvalue weighted by Crippen LogP contribution is -2.25. The number of halogens is 1. The summed E-state index contributed by atoms with van der Waals surface area (Å²) in [5.41, 5.74) is 5.90. The van der Waals surface area contributed by atoms with Crippen LogP contribution in [-0.4, -0.2) is 16.5 Å². The van der Waals surface area contributed by atoms with Crippen molar-refractivity contribution in [1.29, 1.82) is 0 Å². The Balaban J connectivity index is 2.61. The van der Waals surface area contributed by atoms with Crippen LogP contribution in [0.25, 0.3) is 0 Å². The molecule has 0 amide bonds. The van der Waals surface area contributed by atoms with E-state index in [4.69, 9.17) is 5.73 Å². The number of nitrogens with one attached hydrogen (secondary N) is 1. The molecule has 0 spiro atoms. The highest BCUT2D eigenvalue weighted by molar-refractivity contribution is 9.10. The van der Waals surface area contributed by atoms with Crippen LogP contribution in [0.4, 0.5) is 11.8 Å². The number of nitrogen functional groups attached to an aromatic ring is 1. The predicted molar refractivity (Wildman–Crippen MR) is 71.3 cm³/mol. The van der Waals surface area contributed by atoms with Crippen molar-refractivity contribution >= 4 is 27.7 Å². The molecule has 0 bridgehead atoms. The first kappa shape index (κ1) is 13.2. The van der Waals surface area contributed by atoms with Crippen LogP contribution in [0.2, 0.25) is 0 Å². The van der Waals surface area contributed by atoms with Crippen LogP contribution < -0.4 is 11.1 Å². The van der Waals surface area contributed by atoms with Gasteiger partial charge in [0.05, 0.1) is 0 Å². The fraction of sp³-hybridized carbons (Fsp3) is 0.636. The lowest BCUT2D eigenvalue weighted by atomic mass is 9.82. The number of hydrogen-bond acceptors (Lipinski definition) is 4. The van der Waals surface area contributed by atoms with Crippen LogP contribution in [0, 0.1) is 11.3 Å². The van der Waals surface area contributed by atoms with Gasteiger partial charge < -0.3 is 11.1 Å². The molecule has 0 radical (unpaired) electrons. The maximum atomic E-state index is 5.63. The van der Waals surface area contributed by atoms with Gasteiger partial charge in [0.2, 0.25) is 5.95 Å². The van der Waals surface area contributed by atoms with Gasteiger partial charge in [0.15, 0.2) is 0 Å². The first-order valence-corrected chi connectivity index (χ1v) is 6.12. The van der Waals surface area contributed by atoms with Crippen LogP contribution in [0.1, 0.15) is 27.7 Å². The molecule has 3 N–H and O–H groups in total. The Hall–Kier alpha value is -0.840. The highest BCUT2D eigenvalue weighted by Crippen LogP contribution is 2.25. The van der Waals surface area contributed by atoms with Crippen LogP contribution >= 0.6 is 15.9 Å². The molecular weight excluding hydrogens is 268 g/mol. The molecule has 0 saturated heterocycles. The van der Waals surface area contributed by atoms with Gasteiger partial charge in [0.1, 0.15) is 10.4 Å². The zero-order valence-corrected chi connectivity index (χ0v) is 11.8. The molecule has 0 aliphatic carbocycles. The molecule has 90 valence electrons. The van der Waals surface area contributed by atoms with Crippen molar-refractivity contribution in [3.63, 3.8) is 0 Å². The Morgan fingerprint density at radius 1 is 1.44 bits per heavy atom. The Morgan fingerprint density at radius 2 is 2.06 bits per heavy atom. The number of nitrogens with two attached hydrogens (primary N) is 1. The van der Waals surface area contributed by atoms with Gasteiger partial charge in [0, 0.05) is 12.6 Å². The Kier molecular flexibility index (Phi) is 4.13. The first-order chi connectivity index (χ1) is 7.29. The van der Waals surface area contributed by atoms with Crippen molar-refractivity contribution in [2.24, 2.45) is 11.3 Å². The van der Waals surface area contributed by atoms with Crippen molar-refractivity contribution < 1.29 is 0 Å². The Morgan fingerprint density at radius 3 is 2.56 bits per heavy atom. The second-order valence-electron chi connectivity index (χ2n) is 5.09. The van der Waals surface area contributed by atoms with Gasteiger partial charge in [-0.05, 0) is 27.3 Å². The first-order valence-electron chi connectivity index (χ1n) is 5.33. The van der Waals surface area contributed by atoms with E-state index in [2.05, 4.69) is 58.9 Å². The van der Waals surface area contributed by atoms with Crippen molar-refractivity contribution in [3.8, 4) is 0 Å². The average Bonchev–Trinajstić information content (AvgIpc) is 2.11. The van der Waals surface area contributed by atoms with E-state index in [1.165, 1.54) is 0 Å². The number of aromatic nitrogens is 2. The van der Waals surface area contributed by atoms with E-state index < -0.39 is 0 Å². The summed E-state index contributed by atoms with van der Waals surface area (Å²) >= 11 is 3.29. The van der Waals surface area contributed by atoms with Gasteiger partial charge in [-0.15, -0.1) is 0 Å². The molecule has 5 heteroatoms. The summed E-state index contributed by atoms with van der Waals surface area (Å²) in [6.07, 6.45) is 0. The third kappa shape index (κ3) is 3.96. The van der Waals surface area contributed by atoms with Crippen LogP contribution in [0.15, 0.2) is 10.7 Å². The molecular formula is C11H19BrN4. The summed E-state index contributed by atoms with van der Waals surface area (Å²) in [6, 6.07) is 1.68. The maximum Gasteiger partial charge on any atom is 0.225 e. The van der Waals surface area contributed by atoms with Crippen molar-refractivity contribution in [3.05, 3.63) is 10.7 Å². The molecule has 0 saturated carbocycles. The average molecular weight is 287 g/mol. The molecule has 0 aliphatic heterocycles. The van der Waals surface area contributed by atoms with Gasteiger partial charge in [0.25, 0.3) is 0 Å². The number of hydrogen-bond donors (Lipinski definition) is 2. The van der Waals surface area contributed by atoms with E-state index >= 15 is 0 Å². The van der Waals surface area contributed by atoms with Gasteiger partial charge in [-0.25, -0.2) is 4.98 Å². The number of anilines is 2. The van der Waals surface area contributed by atoms with Gasteiger partial charge in [-0.1, -0.05) is 27.7 Å². The van der Waals surface area contributed by atoms with Crippen LogP contribution in [0.3, 0.4) is 0 Å². The smallest absolute Gasteiger partial charge is 0.225 e. The Bertz CT molecular complexity index is 339. The lowest BCUT2D eigenvalue weighted by molar-refractivity contribution is 0.274. The zero-order valence-electron chi connectivity index (χ0n) is 10.2. The highest BCUT2D eigenvalue weighted by atomic mass is 79.9. The molecule has 0 fully saturated rings. The summed E-state index contributed by atoms with van der Waals surface area (Å²) < 4.78 is 0.700. The normalized spacial score (nSPS) is 13.6. The van der Waals surface area contributed by atoms with Crippen molar-refractivity contribution in [1.82, 2.24) is 9.97 Å². The molecule has 1 atom stereocenters. The van der Waals surface area contributed by atoms with Crippen molar-refractivity contribution in [2.45, 2.75) is 27.7 Å². The molecule has 4 nitrogen and oxygen atoms in total. The standard InChI is InChI=1S/C11H19BrN4/c1-7(11(2,3)4)6-14-10-15-8(12)5-9(13)16-10/h5,7H,6H2,1-4H3,(H3,13,14,15,16). The molecule has 1 rings (SSSR count). The van der Waals surface area contributed by atoms with E-state index in [0.29, 0.717) is 22.3 Å². The molecule has 1 unspecified atom stereocenters. The lowest BCUT2D eigenvalue weighted by Gasteiger charge is -2.27. The van der Waals surface area contributed by atoms with Crippen molar-refractivity contribution in [2.75, 3.05) is 17.6 Å². The minimum atomic E-state index is 0.268. The zero-order chi connectivity index (χ0) is 12.3. The van der Waals surface area contributed by atoms with Crippen LogP contribution in [-0.2, 0) is 0 Å². The fourth-order valence-corrected chi connectivity index (χ4v) is 1.47. The minimum Gasteiger partial charge on any atom is -0.383 e. The molecule has 0 aliphatic rings. The summed E-state index contributed by atoms with van der Waals surface area (Å²) in [5.74, 6) is 1.56. The summed E-state index contributed by atoms with van der Waals surface area (Å²) in [4.78, 5) is 8.32. The fourth-order valence-electron chi connectivity index (χ4n) is 1.06. The van der Waals surface area contributed by atoms with E-state index in [1.54, 1.807) is 6.07 Å². The number of rotatable bonds is 3. The highest BCUT2D eigenvalue weighted by Gasteiger charge is 2.19. The third-order valence-corrected chi connectivity index (χ3v) is 3.17. The quantitative estimate of drug-likeness (QED) is 0.839. The van der Waals surface area contributed by atoms with E-state index in [0.717, 1.165) is 6.54 Å². The molecule has 16 heavy (non-hydrogen) atoms. The van der Waals surface area contributed by atoms with E-state index in [9.17, 15) is 0 Å². The predicted octanol–water partition coefficient (Wildman–Crippen LogP) is 2.92. The summed E-state index contributed by atoms with van der Waals surface area (Å²) in [6.45, 7) is 9.69. The largest absolute Gasteiger partial charge is 0.383 e. The maximum absolute atomic E-state index is 5.63. The summed E-state index contributed by atoms with van der Waals surface area (Å²) in [5, 5.41) is 3.20. The summed E-state index contributed by atoms with van der Waals surface area (Å²) in [7, 11) is 0. The van der Waals surface area contributed by atoms with E-state index in [1.807, 2.05) is 0 Å². The second kappa shape index (κ2) is 4.99. The SMILES string of the molecule is CC(CNc1nc(N)cc(Br)n1)C(C)(C)C. The molecule has 0 aromatic carbocycles. The van der Waals surface area contributed by atoms with Gasteiger partial charge in [-0.2, -0.15) is 4.98 Å². The van der Waals surface area contributed by atoms with Gasteiger partial charge in [-0.3, -0.25) is 0 Å². The minimum absolute atomic E-state index is 0.268. The van der Waals surface area contributed by atoms with Gasteiger partial charge >= 0.3 is 0 Å². The number of nitrogens with zero attached hydrogens (tertiary/aromatic N) is 2. The topological polar surface area (TPSA) is 63.8 Å². The molecule has 1 aromatic heterocycles. The Labute approximate surface area is 105 Å². The van der Waals surface area contributed by atoms with E-state index in [-0.39, 0.29) is 5.41 Å². The molecule has 1 heterocycles. The second-order valence-corrected chi connectivity index (χ2v) is 5.90. The monoisotopic (exact) mass is 286 g/mol. The van der Waals surface area contributed by atoms with Crippen LogP contribution in [0.5, 0.6) is 0 Å². The third-order valence-electron chi connectivity index (χ3n) is 2.76. The molecule has 1 aromatic rings.